The maximum Gasteiger partial charge on any atom is 0.123 e. The maximum absolute atomic E-state index is 6.32. The van der Waals surface area contributed by atoms with Crippen LogP contribution in [0.2, 0.25) is 0 Å². The highest BCUT2D eigenvalue weighted by molar-refractivity contribution is 5.85. The largest absolute Gasteiger partial charge is 0.490 e. The lowest BCUT2D eigenvalue weighted by Crippen LogP contribution is -2.37. The monoisotopic (exact) mass is 357 g/mol. The average Bonchev–Trinajstić information content (AvgIpc) is 3.10. The van der Waals surface area contributed by atoms with E-state index >= 15 is 0 Å². The number of benzene rings is 1. The predicted molar refractivity (Wildman–Crippen MR) is 103 cm³/mol. The van der Waals surface area contributed by atoms with Crippen molar-refractivity contribution in [1.29, 1.82) is 0 Å². The fourth-order valence-corrected chi connectivity index (χ4v) is 3.44. The van der Waals surface area contributed by atoms with Crippen LogP contribution in [-0.4, -0.2) is 34.1 Å². The number of aromatic amines is 1. The van der Waals surface area contributed by atoms with E-state index in [0.717, 1.165) is 38.2 Å². The zero-order valence-corrected chi connectivity index (χ0v) is 15.3. The molecule has 5 heteroatoms. The Hall–Kier alpha value is -2.04. The van der Waals surface area contributed by atoms with E-state index in [1.165, 1.54) is 21.9 Å². The van der Waals surface area contributed by atoms with Gasteiger partial charge < -0.3 is 9.72 Å². The van der Waals surface area contributed by atoms with E-state index in [1.54, 1.807) is 0 Å². The number of nitrogens with one attached hydrogen (secondary N) is 1. The zero-order valence-electron chi connectivity index (χ0n) is 14.4. The first-order valence-corrected chi connectivity index (χ1v) is 8.63. The van der Waals surface area contributed by atoms with Gasteiger partial charge in [-0.15, -0.1) is 12.4 Å². The van der Waals surface area contributed by atoms with E-state index < -0.39 is 0 Å². The third-order valence-electron chi connectivity index (χ3n) is 4.83. The zero-order chi connectivity index (χ0) is 16.4. The van der Waals surface area contributed by atoms with Gasteiger partial charge in [0.25, 0.3) is 0 Å². The van der Waals surface area contributed by atoms with Gasteiger partial charge in [-0.1, -0.05) is 0 Å². The molecule has 1 N–H and O–H groups in total. The van der Waals surface area contributed by atoms with Gasteiger partial charge in [-0.3, -0.25) is 9.88 Å². The molecule has 0 atom stereocenters. The van der Waals surface area contributed by atoms with Crippen molar-refractivity contribution in [1.82, 2.24) is 14.9 Å². The van der Waals surface area contributed by atoms with Gasteiger partial charge in [-0.05, 0) is 60.5 Å². The van der Waals surface area contributed by atoms with E-state index in [1.807, 2.05) is 24.7 Å². The van der Waals surface area contributed by atoms with Crippen LogP contribution in [0.5, 0.6) is 5.75 Å². The third kappa shape index (κ3) is 4.14. The second-order valence-corrected chi connectivity index (χ2v) is 6.65. The lowest BCUT2D eigenvalue weighted by Gasteiger charge is -2.32. The molecular weight excluding hydrogens is 334 g/mol. The van der Waals surface area contributed by atoms with Gasteiger partial charge in [0, 0.05) is 49.8 Å². The summed E-state index contributed by atoms with van der Waals surface area (Å²) in [6.07, 6.45) is 10.3. The van der Waals surface area contributed by atoms with Gasteiger partial charge in [-0.25, -0.2) is 0 Å². The normalized spacial score (nSPS) is 15.9. The first-order valence-electron chi connectivity index (χ1n) is 8.63. The average molecular weight is 358 g/mol. The summed E-state index contributed by atoms with van der Waals surface area (Å²) >= 11 is 0. The lowest BCUT2D eigenvalue weighted by molar-refractivity contribution is 0.0964. The minimum absolute atomic E-state index is 0. The van der Waals surface area contributed by atoms with Crippen LogP contribution in [0.1, 0.15) is 24.0 Å². The summed E-state index contributed by atoms with van der Waals surface area (Å²) in [6.45, 7) is 5.32. The summed E-state index contributed by atoms with van der Waals surface area (Å²) in [5.41, 5.74) is 2.54. The Bertz CT molecular complexity index is 811. The minimum atomic E-state index is 0. The molecule has 0 spiro atoms. The first kappa shape index (κ1) is 17.8. The quantitative estimate of drug-likeness (QED) is 0.755. The Balaban J connectivity index is 0.00000182. The van der Waals surface area contributed by atoms with E-state index in [-0.39, 0.29) is 12.4 Å². The fraction of sp³-hybridized carbons (Fsp3) is 0.350. The standard InChI is InChI=1S/C20H23N3O.ClH/c1-15-10-18-13-22-7-3-17(18)11-20(15)24-19-4-8-23(9-5-19)14-16-2-6-21-12-16;/h2-3,6-7,10-13,19,21H,4-5,8-9,14H2,1H3;1H. The number of piperidine rings is 1. The van der Waals surface area contributed by atoms with Crippen molar-refractivity contribution in [3.63, 3.8) is 0 Å². The van der Waals surface area contributed by atoms with E-state index in [2.05, 4.69) is 46.2 Å². The molecule has 0 saturated carbocycles. The fourth-order valence-electron chi connectivity index (χ4n) is 3.44. The van der Waals surface area contributed by atoms with Crippen molar-refractivity contribution in [2.24, 2.45) is 0 Å². The minimum Gasteiger partial charge on any atom is -0.490 e. The van der Waals surface area contributed by atoms with E-state index in [9.17, 15) is 0 Å². The molecular formula is C20H24ClN3O. The number of likely N-dealkylation sites (tertiary alicyclic amines) is 1. The molecule has 0 aliphatic carbocycles. The molecule has 0 unspecified atom stereocenters. The Morgan fingerprint density at radius 2 is 2.04 bits per heavy atom. The summed E-state index contributed by atoms with van der Waals surface area (Å²) in [4.78, 5) is 9.82. The molecule has 132 valence electrons. The van der Waals surface area contributed by atoms with Crippen LogP contribution in [0.25, 0.3) is 10.8 Å². The highest BCUT2D eigenvalue weighted by atomic mass is 35.5. The molecule has 1 saturated heterocycles. The van der Waals surface area contributed by atoms with Gasteiger partial charge in [0.15, 0.2) is 0 Å². The van der Waals surface area contributed by atoms with Crippen LogP contribution >= 0.6 is 12.4 Å². The van der Waals surface area contributed by atoms with Crippen molar-refractivity contribution in [2.75, 3.05) is 13.1 Å². The van der Waals surface area contributed by atoms with E-state index in [4.69, 9.17) is 4.74 Å². The third-order valence-corrected chi connectivity index (χ3v) is 4.83. The Morgan fingerprint density at radius 3 is 2.80 bits per heavy atom. The number of hydrogen-bond donors (Lipinski definition) is 1. The number of fused-ring (bicyclic) bond motifs is 1. The second-order valence-electron chi connectivity index (χ2n) is 6.65. The maximum atomic E-state index is 6.32. The molecule has 1 fully saturated rings. The summed E-state index contributed by atoms with van der Waals surface area (Å²) < 4.78 is 6.32. The summed E-state index contributed by atoms with van der Waals surface area (Å²) in [5.74, 6) is 1.01. The van der Waals surface area contributed by atoms with Crippen LogP contribution in [0.3, 0.4) is 0 Å². The molecule has 3 aromatic rings. The Morgan fingerprint density at radius 1 is 1.20 bits per heavy atom. The molecule has 4 nitrogen and oxygen atoms in total. The number of hydrogen-bond acceptors (Lipinski definition) is 3. The number of nitrogens with zero attached hydrogens (tertiary/aromatic N) is 2. The van der Waals surface area contributed by atoms with E-state index in [0.29, 0.717) is 6.10 Å². The molecule has 0 bridgehead atoms. The second kappa shape index (κ2) is 7.89. The van der Waals surface area contributed by atoms with Crippen LogP contribution in [0, 0.1) is 6.92 Å². The highest BCUT2D eigenvalue weighted by Gasteiger charge is 2.21. The van der Waals surface area contributed by atoms with Crippen LogP contribution in [0.15, 0.2) is 49.1 Å². The first-order chi connectivity index (χ1) is 11.8. The van der Waals surface area contributed by atoms with Crippen molar-refractivity contribution >= 4 is 23.2 Å². The van der Waals surface area contributed by atoms with Crippen LogP contribution in [0.4, 0.5) is 0 Å². The number of aryl methyl sites for hydroxylation is 1. The number of pyridine rings is 1. The topological polar surface area (TPSA) is 41.1 Å². The van der Waals surface area contributed by atoms with Gasteiger partial charge in [0.2, 0.25) is 0 Å². The van der Waals surface area contributed by atoms with Crippen molar-refractivity contribution in [3.8, 4) is 5.75 Å². The summed E-state index contributed by atoms with van der Waals surface area (Å²) in [7, 11) is 0. The molecule has 1 aliphatic heterocycles. The molecule has 0 radical (unpaired) electrons. The van der Waals surface area contributed by atoms with Crippen LogP contribution < -0.4 is 4.74 Å². The van der Waals surface area contributed by atoms with Crippen molar-refractivity contribution in [3.05, 3.63) is 60.2 Å². The Labute approximate surface area is 154 Å². The van der Waals surface area contributed by atoms with Crippen molar-refractivity contribution in [2.45, 2.75) is 32.4 Å². The van der Waals surface area contributed by atoms with Crippen LogP contribution in [-0.2, 0) is 6.54 Å². The number of rotatable bonds is 4. The summed E-state index contributed by atoms with van der Waals surface area (Å²) in [6, 6.07) is 8.51. The molecule has 1 aliphatic rings. The van der Waals surface area contributed by atoms with Gasteiger partial charge in [-0.2, -0.15) is 0 Å². The molecule has 4 rings (SSSR count). The number of aromatic nitrogens is 2. The number of H-pyrrole nitrogens is 1. The predicted octanol–water partition coefficient (Wildman–Crippen LogP) is 4.34. The number of ether oxygens (including phenoxy) is 1. The molecule has 3 heterocycles. The Kier molecular flexibility index (Phi) is 5.61. The highest BCUT2D eigenvalue weighted by Crippen LogP contribution is 2.27. The van der Waals surface area contributed by atoms with Crippen molar-refractivity contribution < 1.29 is 4.74 Å². The molecule has 0 amide bonds. The smallest absolute Gasteiger partial charge is 0.123 e. The van der Waals surface area contributed by atoms with Gasteiger partial charge >= 0.3 is 0 Å². The molecule has 25 heavy (non-hydrogen) atoms. The molecule has 2 aromatic heterocycles. The number of halogens is 1. The SMILES string of the molecule is Cc1cc2cnccc2cc1OC1CCN(Cc2cc[nH]c2)CC1.Cl. The van der Waals surface area contributed by atoms with Gasteiger partial charge in [0.1, 0.15) is 11.9 Å². The van der Waals surface area contributed by atoms with Gasteiger partial charge in [0.05, 0.1) is 0 Å². The molecule has 1 aromatic carbocycles. The lowest BCUT2D eigenvalue weighted by atomic mass is 10.1. The summed E-state index contributed by atoms with van der Waals surface area (Å²) in [5, 5.41) is 2.36.